The van der Waals surface area contributed by atoms with Crippen molar-refractivity contribution < 1.29 is 9.45 Å². The van der Waals surface area contributed by atoms with Crippen LogP contribution in [-0.2, 0) is 6.54 Å². The van der Waals surface area contributed by atoms with Crippen LogP contribution in [0.25, 0.3) is 0 Å². The van der Waals surface area contributed by atoms with Crippen molar-refractivity contribution in [3.05, 3.63) is 33.8 Å². The zero-order chi connectivity index (χ0) is 13.8. The first-order chi connectivity index (χ1) is 9.10. The summed E-state index contributed by atoms with van der Waals surface area (Å²) in [6.45, 7) is 1.99. The first-order valence-electron chi connectivity index (χ1n) is 5.24. The van der Waals surface area contributed by atoms with Gasteiger partial charge < -0.3 is 9.84 Å². The third-order valence-corrected chi connectivity index (χ3v) is 2.21. The molecular weight excluding hydrogens is 254 g/mol. The number of nitrogens with two attached hydrogens (primary N) is 1. The number of nitrogens with one attached hydrogen (secondary N) is 2. The van der Waals surface area contributed by atoms with Gasteiger partial charge in [0, 0.05) is 6.07 Å². The Labute approximate surface area is 107 Å². The Kier molecular flexibility index (Phi) is 3.52. The Morgan fingerprint density at radius 2 is 2.37 bits per heavy atom. The Morgan fingerprint density at radius 1 is 1.58 bits per heavy atom. The molecule has 10 nitrogen and oxygen atoms in total. The highest BCUT2D eigenvalue weighted by Crippen LogP contribution is 2.22. The molecule has 0 saturated heterocycles. The van der Waals surface area contributed by atoms with Gasteiger partial charge in [0.2, 0.25) is 11.8 Å². The molecule has 0 saturated carbocycles. The summed E-state index contributed by atoms with van der Waals surface area (Å²) in [6.07, 6.45) is 1.07. The highest BCUT2D eigenvalue weighted by molar-refractivity contribution is 5.56. The molecule has 4 N–H and O–H groups in total. The molecule has 0 radical (unpaired) electrons. The highest BCUT2D eigenvalue weighted by atomic mass is 16.6. The zero-order valence-corrected chi connectivity index (χ0v) is 9.95. The summed E-state index contributed by atoms with van der Waals surface area (Å²) in [5.41, 5.74) is 2.57. The van der Waals surface area contributed by atoms with Crippen molar-refractivity contribution in [2.24, 2.45) is 5.84 Å². The molecule has 0 aromatic carbocycles. The molecule has 2 aromatic heterocycles. The molecule has 0 amide bonds. The van der Waals surface area contributed by atoms with Gasteiger partial charge >= 0.3 is 5.69 Å². The molecule has 0 fully saturated rings. The lowest BCUT2D eigenvalue weighted by Gasteiger charge is -2.05. The van der Waals surface area contributed by atoms with E-state index in [1.807, 2.05) is 0 Å². The van der Waals surface area contributed by atoms with Crippen LogP contribution in [-0.4, -0.2) is 20.0 Å². The minimum absolute atomic E-state index is 0.0496. The number of hydrazine groups is 1. The molecule has 2 heterocycles. The predicted molar refractivity (Wildman–Crippen MR) is 65.1 cm³/mol. The number of hydrogen-bond acceptors (Lipinski definition) is 9. The fraction of sp³-hybridized carbons (Fsp3) is 0.222. The molecule has 2 aromatic rings. The summed E-state index contributed by atoms with van der Waals surface area (Å²) >= 11 is 0. The molecule has 100 valence electrons. The zero-order valence-electron chi connectivity index (χ0n) is 9.95. The predicted octanol–water partition coefficient (Wildman–Crippen LogP) is 0.579. The second-order valence-electron chi connectivity index (χ2n) is 3.61. The van der Waals surface area contributed by atoms with Gasteiger partial charge in [-0.05, 0) is 6.92 Å². The van der Waals surface area contributed by atoms with Crippen molar-refractivity contribution in [3.8, 4) is 0 Å². The highest BCUT2D eigenvalue weighted by Gasteiger charge is 2.17. The average Bonchev–Trinajstić information content (AvgIpc) is 2.81. The van der Waals surface area contributed by atoms with Crippen LogP contribution in [0.2, 0.25) is 0 Å². The quantitative estimate of drug-likeness (QED) is 0.401. The Morgan fingerprint density at radius 3 is 2.95 bits per heavy atom. The number of aromatic nitrogens is 3. The number of nitrogens with zero attached hydrogens (tertiary/aromatic N) is 4. The third kappa shape index (κ3) is 2.93. The van der Waals surface area contributed by atoms with Crippen molar-refractivity contribution in [2.75, 3.05) is 10.7 Å². The van der Waals surface area contributed by atoms with Gasteiger partial charge in [0.05, 0.1) is 11.5 Å². The Bertz CT molecular complexity index is 597. The monoisotopic (exact) mass is 265 g/mol. The fourth-order valence-electron chi connectivity index (χ4n) is 1.38. The topological polar surface area (TPSA) is 145 Å². The van der Waals surface area contributed by atoms with E-state index in [0.29, 0.717) is 11.5 Å². The minimum atomic E-state index is -0.587. The SMILES string of the molecule is Cc1cc(CNc2nc(NN)ncc2[N+](=O)[O-])no1. The Balaban J connectivity index is 2.19. The Hall–Kier alpha value is -2.75. The maximum absolute atomic E-state index is 10.8. The van der Waals surface area contributed by atoms with Crippen LogP contribution < -0.4 is 16.6 Å². The molecule has 19 heavy (non-hydrogen) atoms. The lowest BCUT2D eigenvalue weighted by molar-refractivity contribution is -0.384. The van der Waals surface area contributed by atoms with Crippen molar-refractivity contribution >= 4 is 17.5 Å². The van der Waals surface area contributed by atoms with Crippen molar-refractivity contribution in [3.63, 3.8) is 0 Å². The number of nitrogen functional groups attached to an aromatic ring is 1. The van der Waals surface area contributed by atoms with E-state index in [9.17, 15) is 10.1 Å². The lowest BCUT2D eigenvalue weighted by atomic mass is 10.3. The molecule has 0 aliphatic rings. The van der Waals surface area contributed by atoms with Gasteiger partial charge in [0.25, 0.3) is 0 Å². The van der Waals surface area contributed by atoms with Gasteiger partial charge in [-0.1, -0.05) is 5.16 Å². The fourth-order valence-corrected chi connectivity index (χ4v) is 1.38. The summed E-state index contributed by atoms with van der Waals surface area (Å²) < 4.78 is 4.89. The van der Waals surface area contributed by atoms with Gasteiger partial charge in [-0.15, -0.1) is 0 Å². The number of rotatable bonds is 5. The van der Waals surface area contributed by atoms with E-state index in [-0.39, 0.29) is 24.0 Å². The van der Waals surface area contributed by atoms with Crippen molar-refractivity contribution in [2.45, 2.75) is 13.5 Å². The number of hydrogen-bond donors (Lipinski definition) is 3. The van der Waals surface area contributed by atoms with E-state index < -0.39 is 4.92 Å². The smallest absolute Gasteiger partial charge is 0.329 e. The van der Waals surface area contributed by atoms with E-state index in [1.165, 1.54) is 0 Å². The minimum Gasteiger partial charge on any atom is -0.361 e. The van der Waals surface area contributed by atoms with Crippen LogP contribution in [0.5, 0.6) is 0 Å². The van der Waals surface area contributed by atoms with Crippen LogP contribution in [0.1, 0.15) is 11.5 Å². The van der Waals surface area contributed by atoms with Gasteiger partial charge in [0.1, 0.15) is 17.7 Å². The van der Waals surface area contributed by atoms with E-state index in [2.05, 4.69) is 25.9 Å². The van der Waals surface area contributed by atoms with E-state index in [1.54, 1.807) is 13.0 Å². The van der Waals surface area contributed by atoms with Gasteiger partial charge in [-0.25, -0.2) is 10.8 Å². The van der Waals surface area contributed by atoms with Gasteiger partial charge in [-0.2, -0.15) is 4.98 Å². The normalized spacial score (nSPS) is 10.2. The third-order valence-electron chi connectivity index (χ3n) is 2.21. The molecule has 0 unspecified atom stereocenters. The maximum Gasteiger partial charge on any atom is 0.329 e. The molecule has 0 atom stereocenters. The van der Waals surface area contributed by atoms with E-state index >= 15 is 0 Å². The second-order valence-corrected chi connectivity index (χ2v) is 3.61. The van der Waals surface area contributed by atoms with Crippen molar-refractivity contribution in [1.82, 2.24) is 15.1 Å². The van der Waals surface area contributed by atoms with Gasteiger partial charge in [0.15, 0.2) is 0 Å². The standard InChI is InChI=1S/C9H11N7O3/c1-5-2-6(15-19-5)3-11-8-7(16(17)18)4-12-9(13-8)14-10/h2,4H,3,10H2,1H3,(H2,11,12,13,14). The summed E-state index contributed by atoms with van der Waals surface area (Å²) in [6, 6.07) is 1.71. The van der Waals surface area contributed by atoms with Crippen LogP contribution in [0, 0.1) is 17.0 Å². The first-order valence-corrected chi connectivity index (χ1v) is 5.24. The average molecular weight is 265 g/mol. The summed E-state index contributed by atoms with van der Waals surface area (Å²) in [5, 5.41) is 17.4. The molecule has 0 aliphatic carbocycles. The molecule has 0 bridgehead atoms. The van der Waals surface area contributed by atoms with Gasteiger partial charge in [-0.3, -0.25) is 15.5 Å². The maximum atomic E-state index is 10.8. The van der Waals surface area contributed by atoms with Crippen LogP contribution in [0.3, 0.4) is 0 Å². The summed E-state index contributed by atoms with van der Waals surface area (Å²) in [7, 11) is 0. The number of aryl methyl sites for hydroxylation is 1. The summed E-state index contributed by atoms with van der Waals surface area (Å²) in [5.74, 6) is 5.93. The molecule has 0 spiro atoms. The van der Waals surface area contributed by atoms with Crippen LogP contribution in [0.4, 0.5) is 17.5 Å². The number of anilines is 2. The van der Waals surface area contributed by atoms with Crippen LogP contribution in [0.15, 0.2) is 16.8 Å². The molecule has 10 heteroatoms. The first kappa shape index (κ1) is 12.7. The molecular formula is C9H11N7O3. The lowest BCUT2D eigenvalue weighted by Crippen LogP contribution is -2.13. The molecule has 2 rings (SSSR count). The van der Waals surface area contributed by atoms with Crippen molar-refractivity contribution in [1.29, 1.82) is 0 Å². The second kappa shape index (κ2) is 5.27. The molecule has 0 aliphatic heterocycles. The van der Waals surface area contributed by atoms with Crippen LogP contribution >= 0.6 is 0 Å². The van der Waals surface area contributed by atoms with E-state index in [4.69, 9.17) is 10.4 Å². The summed E-state index contributed by atoms with van der Waals surface area (Å²) in [4.78, 5) is 17.8. The largest absolute Gasteiger partial charge is 0.361 e. The van der Waals surface area contributed by atoms with E-state index in [0.717, 1.165) is 6.20 Å². The number of nitro groups is 1.